The number of para-hydroxylation sites is 1. The fourth-order valence-corrected chi connectivity index (χ4v) is 3.45. The normalized spacial score (nSPS) is 14.8. The molecule has 1 heterocycles. The summed E-state index contributed by atoms with van der Waals surface area (Å²) in [5, 5.41) is 27.1. The van der Waals surface area contributed by atoms with Crippen LogP contribution in [-0.2, 0) is 12.8 Å². The summed E-state index contributed by atoms with van der Waals surface area (Å²) in [7, 11) is 0. The van der Waals surface area contributed by atoms with Gasteiger partial charge in [0.2, 0.25) is 6.20 Å². The van der Waals surface area contributed by atoms with Gasteiger partial charge >= 0.3 is 0 Å². The predicted octanol–water partition coefficient (Wildman–Crippen LogP) is 1.39. The molecule has 0 radical (unpaired) electrons. The van der Waals surface area contributed by atoms with Gasteiger partial charge in [0.1, 0.15) is 0 Å². The van der Waals surface area contributed by atoms with E-state index in [9.17, 15) is 15.2 Å². The molecule has 0 unspecified atom stereocenters. The van der Waals surface area contributed by atoms with Crippen molar-refractivity contribution in [1.29, 1.82) is 0 Å². The van der Waals surface area contributed by atoms with Crippen molar-refractivity contribution in [2.45, 2.75) is 25.7 Å². The van der Waals surface area contributed by atoms with Crippen LogP contribution in [-0.4, -0.2) is 10.8 Å². The van der Waals surface area contributed by atoms with Crippen LogP contribution in [0.4, 0.5) is 5.69 Å². The molecule has 1 aliphatic rings. The molecule has 0 N–H and O–H groups in total. The molecular weight excluding hydrogens is 290 g/mol. The molecule has 21 heavy (non-hydrogen) atoms. The van der Waals surface area contributed by atoms with Gasteiger partial charge in [0.15, 0.2) is 11.5 Å². The van der Waals surface area contributed by atoms with E-state index in [1.807, 2.05) is 6.20 Å². The molecule has 0 bridgehead atoms. The average molecular weight is 303 g/mol. The molecule has 108 valence electrons. The number of benzene rings is 1. The number of nitro benzene ring substituents is 1. The zero-order valence-corrected chi connectivity index (χ0v) is 12.0. The lowest BCUT2D eigenvalue weighted by Gasteiger charge is -2.06. The smallest absolute Gasteiger partial charge is 0.277 e. The highest BCUT2D eigenvalue weighted by atomic mass is 32.1. The minimum Gasteiger partial charge on any atom is -0.854 e. The number of nitro groups is 1. The third kappa shape index (κ3) is 2.78. The lowest BCUT2D eigenvalue weighted by molar-refractivity contribution is -0.612. The monoisotopic (exact) mass is 303 g/mol. The molecule has 2 aromatic rings. The lowest BCUT2D eigenvalue weighted by Crippen LogP contribution is -2.30. The Labute approximate surface area is 125 Å². The number of nitrogens with zero attached hydrogens (tertiary/aromatic N) is 3. The zero-order chi connectivity index (χ0) is 14.8. The summed E-state index contributed by atoms with van der Waals surface area (Å²) < 4.78 is 1.52. The SMILES string of the molecule is O=[N+]([O-])c1ccccc1/C([O-])=N/[n+]1cc2c(s1)CCCC2. The molecule has 0 spiro atoms. The summed E-state index contributed by atoms with van der Waals surface area (Å²) in [6.45, 7) is 0. The van der Waals surface area contributed by atoms with E-state index in [0.717, 1.165) is 25.7 Å². The number of hydrogen-bond acceptors (Lipinski definition) is 5. The molecule has 1 aliphatic carbocycles. The first kappa shape index (κ1) is 13.7. The van der Waals surface area contributed by atoms with E-state index < -0.39 is 10.8 Å². The van der Waals surface area contributed by atoms with Crippen molar-refractivity contribution in [2.24, 2.45) is 5.10 Å². The first-order chi connectivity index (χ1) is 10.1. The van der Waals surface area contributed by atoms with Crippen molar-refractivity contribution in [3.63, 3.8) is 0 Å². The Kier molecular flexibility index (Phi) is 3.66. The number of aromatic nitrogens is 1. The molecule has 0 aliphatic heterocycles. The minimum atomic E-state index is -0.592. The van der Waals surface area contributed by atoms with Crippen molar-refractivity contribution in [3.05, 3.63) is 56.6 Å². The van der Waals surface area contributed by atoms with Gasteiger partial charge in [0.25, 0.3) is 5.69 Å². The Balaban J connectivity index is 1.96. The third-order valence-corrected chi connectivity index (χ3v) is 4.51. The maximum absolute atomic E-state index is 12.2. The van der Waals surface area contributed by atoms with E-state index in [4.69, 9.17) is 0 Å². The second-order valence-electron chi connectivity index (χ2n) is 4.86. The number of rotatable bonds is 3. The first-order valence-electron chi connectivity index (χ1n) is 6.68. The topological polar surface area (TPSA) is 82.4 Å². The van der Waals surface area contributed by atoms with Crippen LogP contribution in [0.25, 0.3) is 0 Å². The van der Waals surface area contributed by atoms with Gasteiger partial charge in [-0.05, 0) is 31.7 Å². The largest absolute Gasteiger partial charge is 0.854 e. The summed E-state index contributed by atoms with van der Waals surface area (Å²) in [5.41, 5.74) is 1.03. The van der Waals surface area contributed by atoms with Gasteiger partial charge in [0, 0.05) is 20.8 Å². The van der Waals surface area contributed by atoms with E-state index in [2.05, 4.69) is 5.10 Å². The van der Waals surface area contributed by atoms with Crippen LogP contribution < -0.4 is 9.17 Å². The molecule has 1 aromatic heterocycles. The first-order valence-corrected chi connectivity index (χ1v) is 7.46. The predicted molar refractivity (Wildman–Crippen MR) is 76.2 cm³/mol. The van der Waals surface area contributed by atoms with Crippen molar-refractivity contribution in [2.75, 3.05) is 0 Å². The molecular formula is C14H13N3O3S. The van der Waals surface area contributed by atoms with E-state index >= 15 is 0 Å². The number of aryl methyl sites for hydroxylation is 2. The van der Waals surface area contributed by atoms with Crippen molar-refractivity contribution in [3.8, 4) is 0 Å². The van der Waals surface area contributed by atoms with Crippen molar-refractivity contribution >= 4 is 23.1 Å². The Morgan fingerprint density at radius 2 is 2.05 bits per heavy atom. The number of fused-ring (bicyclic) bond motifs is 1. The van der Waals surface area contributed by atoms with E-state index in [1.54, 1.807) is 6.07 Å². The van der Waals surface area contributed by atoms with Crippen molar-refractivity contribution < 1.29 is 14.1 Å². The molecule has 0 amide bonds. The molecule has 0 saturated carbocycles. The molecule has 1 aromatic carbocycles. The average Bonchev–Trinajstić information content (AvgIpc) is 2.89. The maximum Gasteiger partial charge on any atom is 0.277 e. The van der Waals surface area contributed by atoms with Crippen LogP contribution in [0.3, 0.4) is 0 Å². The maximum atomic E-state index is 12.2. The summed E-state index contributed by atoms with van der Waals surface area (Å²) in [5.74, 6) is -0.592. The summed E-state index contributed by atoms with van der Waals surface area (Å²) in [4.78, 5) is 11.6. The van der Waals surface area contributed by atoms with Gasteiger partial charge < -0.3 is 5.11 Å². The van der Waals surface area contributed by atoms with Crippen LogP contribution in [0.5, 0.6) is 0 Å². The van der Waals surface area contributed by atoms with Crippen LogP contribution in [0.1, 0.15) is 28.8 Å². The van der Waals surface area contributed by atoms with Crippen LogP contribution in [0, 0.1) is 10.1 Å². The van der Waals surface area contributed by atoms with Crippen LogP contribution >= 0.6 is 11.5 Å². The van der Waals surface area contributed by atoms with Gasteiger partial charge in [-0.15, -0.1) is 0 Å². The highest BCUT2D eigenvalue weighted by Crippen LogP contribution is 2.23. The highest BCUT2D eigenvalue weighted by Gasteiger charge is 2.20. The third-order valence-electron chi connectivity index (χ3n) is 3.45. The Morgan fingerprint density at radius 3 is 2.81 bits per heavy atom. The fraction of sp³-hybridized carbons (Fsp3) is 0.286. The van der Waals surface area contributed by atoms with Crippen molar-refractivity contribution in [1.82, 2.24) is 0 Å². The summed E-state index contributed by atoms with van der Waals surface area (Å²) >= 11 is 1.43. The molecule has 7 heteroatoms. The molecule has 0 saturated heterocycles. The van der Waals surface area contributed by atoms with Gasteiger partial charge in [-0.3, -0.25) is 10.1 Å². The fourth-order valence-electron chi connectivity index (χ4n) is 2.42. The van der Waals surface area contributed by atoms with E-state index in [1.165, 1.54) is 44.2 Å². The molecule has 6 nitrogen and oxygen atoms in total. The number of hydrogen-bond donors (Lipinski definition) is 0. The molecule has 0 atom stereocenters. The standard InChI is InChI=1S/C14H13N3O3S/c18-14(11-6-2-3-7-12(11)17(19)20)15-16-9-10-5-1-4-8-13(10)21-16/h2-3,6-7,9H,1,4-5,8H2. The second kappa shape index (κ2) is 5.61. The Morgan fingerprint density at radius 1 is 1.29 bits per heavy atom. The van der Waals surface area contributed by atoms with Crippen LogP contribution in [0.15, 0.2) is 35.6 Å². The van der Waals surface area contributed by atoms with Gasteiger partial charge in [-0.2, -0.15) is 0 Å². The zero-order valence-electron chi connectivity index (χ0n) is 11.2. The Hall–Kier alpha value is -2.28. The van der Waals surface area contributed by atoms with Crippen LogP contribution in [0.2, 0.25) is 0 Å². The van der Waals surface area contributed by atoms with Gasteiger partial charge in [-0.25, -0.2) is 0 Å². The van der Waals surface area contributed by atoms with E-state index in [-0.39, 0.29) is 11.3 Å². The Bertz CT molecular complexity index is 701. The van der Waals surface area contributed by atoms with Gasteiger partial charge in [-0.1, -0.05) is 12.1 Å². The highest BCUT2D eigenvalue weighted by molar-refractivity contribution is 7.01. The summed E-state index contributed by atoms with van der Waals surface area (Å²) in [6.07, 6.45) is 6.19. The second-order valence-corrected chi connectivity index (χ2v) is 5.91. The molecule has 0 fully saturated rings. The minimum absolute atomic E-state index is 0.0152. The molecule has 3 rings (SSSR count). The quantitative estimate of drug-likeness (QED) is 0.282. The van der Waals surface area contributed by atoms with E-state index in [0.29, 0.717) is 0 Å². The lowest BCUT2D eigenvalue weighted by atomic mass is 10.0. The van der Waals surface area contributed by atoms with Gasteiger partial charge in [0.05, 0.1) is 21.3 Å². The summed E-state index contributed by atoms with van der Waals surface area (Å²) in [6, 6.07) is 5.87.